The van der Waals surface area contributed by atoms with Crippen LogP contribution < -0.4 is 10.6 Å². The van der Waals surface area contributed by atoms with Gasteiger partial charge < -0.3 is 5.32 Å². The van der Waals surface area contributed by atoms with Crippen molar-refractivity contribution < 1.29 is 9.18 Å². The molecular weight excluding hydrogens is 365 g/mol. The van der Waals surface area contributed by atoms with Crippen LogP contribution in [0, 0.1) is 5.82 Å². The molecule has 0 spiro atoms. The molecule has 1 aliphatic heterocycles. The Hall–Kier alpha value is -1.80. The highest BCUT2D eigenvalue weighted by Crippen LogP contribution is 2.23. The Morgan fingerprint density at radius 2 is 2.17 bits per heavy atom. The summed E-state index contributed by atoms with van der Waals surface area (Å²) >= 11 is 3.07. The number of nitrogens with one attached hydrogen (secondary N) is 2. The molecule has 1 amide bonds. The van der Waals surface area contributed by atoms with Gasteiger partial charge in [0.1, 0.15) is 5.82 Å². The standard InChI is InChI=1S/C15H17BrFN5O/c1-22-15(19-13(21-22)9-4-6-18-7-5-9)20-14(23)10-2-3-11(16)12(17)8-10/h2-3,8-9,18H,4-7H2,1H3,(H,19,20,21,23). The van der Waals surface area contributed by atoms with Crippen LogP contribution in [0.25, 0.3) is 0 Å². The predicted octanol–water partition coefficient (Wildman–Crippen LogP) is 2.44. The van der Waals surface area contributed by atoms with Crippen molar-refractivity contribution >= 4 is 27.8 Å². The van der Waals surface area contributed by atoms with Gasteiger partial charge in [0.05, 0.1) is 4.47 Å². The highest BCUT2D eigenvalue weighted by Gasteiger charge is 2.21. The zero-order valence-corrected chi connectivity index (χ0v) is 14.2. The van der Waals surface area contributed by atoms with Crippen molar-refractivity contribution in [1.82, 2.24) is 20.1 Å². The molecule has 3 rings (SSSR count). The molecule has 2 N–H and O–H groups in total. The first-order chi connectivity index (χ1) is 11.0. The average Bonchev–Trinajstić information content (AvgIpc) is 2.92. The van der Waals surface area contributed by atoms with Gasteiger partial charge in [0, 0.05) is 18.5 Å². The normalized spacial score (nSPS) is 15.6. The molecule has 1 aliphatic rings. The van der Waals surface area contributed by atoms with Crippen LogP contribution in [-0.2, 0) is 7.05 Å². The number of nitrogens with zero attached hydrogens (tertiary/aromatic N) is 3. The van der Waals surface area contributed by atoms with E-state index in [0.717, 1.165) is 31.8 Å². The van der Waals surface area contributed by atoms with Crippen molar-refractivity contribution in [2.45, 2.75) is 18.8 Å². The van der Waals surface area contributed by atoms with Crippen LogP contribution in [0.4, 0.5) is 10.3 Å². The highest BCUT2D eigenvalue weighted by atomic mass is 79.9. The second-order valence-corrected chi connectivity index (χ2v) is 6.38. The summed E-state index contributed by atoms with van der Waals surface area (Å²) < 4.78 is 15.4. The third-order valence-electron chi connectivity index (χ3n) is 3.89. The summed E-state index contributed by atoms with van der Waals surface area (Å²) in [7, 11) is 1.73. The zero-order valence-electron chi connectivity index (χ0n) is 12.6. The Morgan fingerprint density at radius 3 is 2.87 bits per heavy atom. The van der Waals surface area contributed by atoms with Crippen LogP contribution >= 0.6 is 15.9 Å². The third-order valence-corrected chi connectivity index (χ3v) is 4.53. The van der Waals surface area contributed by atoms with E-state index in [-0.39, 0.29) is 5.56 Å². The number of anilines is 1. The number of aryl methyl sites for hydroxylation is 1. The molecule has 0 aliphatic carbocycles. The predicted molar refractivity (Wildman–Crippen MR) is 87.9 cm³/mol. The van der Waals surface area contributed by atoms with Crippen LogP contribution in [0.1, 0.15) is 34.9 Å². The van der Waals surface area contributed by atoms with Gasteiger partial charge in [-0.2, -0.15) is 10.1 Å². The number of amides is 1. The summed E-state index contributed by atoms with van der Waals surface area (Å²) in [6, 6.07) is 4.23. The van der Waals surface area contributed by atoms with Gasteiger partial charge in [-0.3, -0.25) is 10.1 Å². The number of benzene rings is 1. The van der Waals surface area contributed by atoms with Gasteiger partial charge in [0.2, 0.25) is 5.95 Å². The van der Waals surface area contributed by atoms with Gasteiger partial charge in [-0.25, -0.2) is 9.07 Å². The molecule has 122 valence electrons. The lowest BCUT2D eigenvalue weighted by Crippen LogP contribution is -2.27. The van der Waals surface area contributed by atoms with E-state index >= 15 is 0 Å². The Labute approximate surface area is 141 Å². The highest BCUT2D eigenvalue weighted by molar-refractivity contribution is 9.10. The topological polar surface area (TPSA) is 71.8 Å². The van der Waals surface area contributed by atoms with Crippen LogP contribution in [0.5, 0.6) is 0 Å². The minimum absolute atomic E-state index is 0.233. The average molecular weight is 382 g/mol. The number of hydrogen-bond donors (Lipinski definition) is 2. The second kappa shape index (κ2) is 6.76. The first kappa shape index (κ1) is 16.1. The van der Waals surface area contributed by atoms with Crippen molar-refractivity contribution in [3.05, 3.63) is 39.9 Å². The quantitative estimate of drug-likeness (QED) is 0.856. The first-order valence-corrected chi connectivity index (χ1v) is 8.22. The van der Waals surface area contributed by atoms with Crippen LogP contribution in [0.2, 0.25) is 0 Å². The summed E-state index contributed by atoms with van der Waals surface area (Å²) in [5.74, 6) is 0.520. The summed E-state index contributed by atoms with van der Waals surface area (Å²) in [5.41, 5.74) is 0.233. The minimum Gasteiger partial charge on any atom is -0.317 e. The molecule has 0 atom stereocenters. The Balaban J connectivity index is 1.75. The van der Waals surface area contributed by atoms with Crippen molar-refractivity contribution in [1.29, 1.82) is 0 Å². The lowest BCUT2D eigenvalue weighted by Gasteiger charge is -2.19. The van der Waals surface area contributed by atoms with Gasteiger partial charge in [0.25, 0.3) is 5.91 Å². The summed E-state index contributed by atoms with van der Waals surface area (Å²) in [4.78, 5) is 16.7. The Morgan fingerprint density at radius 1 is 1.43 bits per heavy atom. The molecule has 0 radical (unpaired) electrons. The number of rotatable bonds is 3. The van der Waals surface area contributed by atoms with Crippen molar-refractivity contribution in [3.8, 4) is 0 Å². The van der Waals surface area contributed by atoms with E-state index < -0.39 is 11.7 Å². The molecule has 1 aromatic carbocycles. The van der Waals surface area contributed by atoms with E-state index in [2.05, 4.69) is 36.6 Å². The number of piperidine rings is 1. The maximum Gasteiger partial charge on any atom is 0.258 e. The fourth-order valence-electron chi connectivity index (χ4n) is 2.58. The summed E-state index contributed by atoms with van der Waals surface area (Å²) in [5, 5.41) is 10.4. The molecule has 8 heteroatoms. The first-order valence-electron chi connectivity index (χ1n) is 7.42. The molecule has 0 unspecified atom stereocenters. The molecule has 1 saturated heterocycles. The molecule has 6 nitrogen and oxygen atoms in total. The fraction of sp³-hybridized carbons (Fsp3) is 0.400. The van der Waals surface area contributed by atoms with Crippen molar-refractivity contribution in [2.24, 2.45) is 7.05 Å². The molecule has 1 fully saturated rings. The number of hydrogen-bond acceptors (Lipinski definition) is 4. The second-order valence-electron chi connectivity index (χ2n) is 5.52. The number of aromatic nitrogens is 3. The van der Waals surface area contributed by atoms with E-state index in [4.69, 9.17) is 0 Å². The Kier molecular flexibility index (Phi) is 4.72. The van der Waals surface area contributed by atoms with Crippen molar-refractivity contribution in [2.75, 3.05) is 18.4 Å². The number of halogens is 2. The summed E-state index contributed by atoms with van der Waals surface area (Å²) in [6.45, 7) is 1.89. The maximum atomic E-state index is 13.5. The van der Waals surface area contributed by atoms with Gasteiger partial charge in [-0.1, -0.05) is 0 Å². The molecule has 0 saturated carbocycles. The summed E-state index contributed by atoms with van der Waals surface area (Å²) in [6.07, 6.45) is 1.96. The lowest BCUT2D eigenvalue weighted by molar-refractivity contribution is 0.102. The molecule has 1 aromatic heterocycles. The molecule has 0 bridgehead atoms. The minimum atomic E-state index is -0.481. The Bertz CT molecular complexity index is 727. The zero-order chi connectivity index (χ0) is 16.4. The number of carbonyl (C=O) groups is 1. The van der Waals surface area contributed by atoms with E-state index in [1.165, 1.54) is 12.1 Å². The van der Waals surface area contributed by atoms with E-state index in [1.54, 1.807) is 17.8 Å². The van der Waals surface area contributed by atoms with E-state index in [0.29, 0.717) is 16.3 Å². The maximum absolute atomic E-state index is 13.5. The van der Waals surface area contributed by atoms with Crippen LogP contribution in [0.15, 0.2) is 22.7 Å². The SMILES string of the molecule is Cn1nc(C2CCNCC2)nc1NC(=O)c1ccc(Br)c(F)c1. The molecule has 2 heterocycles. The molecule has 23 heavy (non-hydrogen) atoms. The van der Waals surface area contributed by atoms with Gasteiger partial charge in [-0.05, 0) is 60.1 Å². The molecule has 2 aromatic rings. The largest absolute Gasteiger partial charge is 0.317 e. The van der Waals surface area contributed by atoms with Crippen LogP contribution in [0.3, 0.4) is 0 Å². The smallest absolute Gasteiger partial charge is 0.258 e. The monoisotopic (exact) mass is 381 g/mol. The molecular formula is C15H17BrFN5O. The number of carbonyl (C=O) groups excluding carboxylic acids is 1. The van der Waals surface area contributed by atoms with Gasteiger partial charge >= 0.3 is 0 Å². The lowest BCUT2D eigenvalue weighted by atomic mass is 9.98. The van der Waals surface area contributed by atoms with Gasteiger partial charge in [-0.15, -0.1) is 0 Å². The van der Waals surface area contributed by atoms with E-state index in [1.807, 2.05) is 0 Å². The van der Waals surface area contributed by atoms with Gasteiger partial charge in [0.15, 0.2) is 5.82 Å². The van der Waals surface area contributed by atoms with E-state index in [9.17, 15) is 9.18 Å². The fourth-order valence-corrected chi connectivity index (χ4v) is 2.82. The van der Waals surface area contributed by atoms with Crippen LogP contribution in [-0.4, -0.2) is 33.8 Å². The van der Waals surface area contributed by atoms with Crippen molar-refractivity contribution in [3.63, 3.8) is 0 Å². The third kappa shape index (κ3) is 3.59.